The third-order valence-electron chi connectivity index (χ3n) is 2.90. The fraction of sp³-hybridized carbons (Fsp3) is 0.357. The highest BCUT2D eigenvalue weighted by Gasteiger charge is 2.19. The fourth-order valence-electron chi connectivity index (χ4n) is 2.00. The molecule has 0 aromatic heterocycles. The van der Waals surface area contributed by atoms with E-state index in [-0.39, 0.29) is 6.42 Å². The van der Waals surface area contributed by atoms with Crippen LogP contribution in [0.25, 0.3) is 0 Å². The zero-order chi connectivity index (χ0) is 13.1. The lowest BCUT2D eigenvalue weighted by Gasteiger charge is -2.20. The van der Waals surface area contributed by atoms with Gasteiger partial charge in [0.05, 0.1) is 6.61 Å². The van der Waals surface area contributed by atoms with E-state index >= 15 is 0 Å². The number of benzene rings is 1. The summed E-state index contributed by atoms with van der Waals surface area (Å²) in [6.07, 6.45) is 1.39. The average Bonchev–Trinajstić information content (AvgIpc) is 2.35. The molecule has 0 radical (unpaired) electrons. The topological polar surface area (TPSA) is 46.5 Å². The number of aliphatic carboxylic acids is 1. The van der Waals surface area contributed by atoms with Crippen LogP contribution in [0.1, 0.15) is 29.5 Å². The minimum absolute atomic E-state index is 0.241. The van der Waals surface area contributed by atoms with Gasteiger partial charge in [0, 0.05) is 11.1 Å². The number of carboxylic acids is 1. The fourth-order valence-corrected chi connectivity index (χ4v) is 2.00. The summed E-state index contributed by atoms with van der Waals surface area (Å²) in [5, 5.41) is 8.51. The van der Waals surface area contributed by atoms with Crippen LogP contribution in [0.3, 0.4) is 0 Å². The Bertz CT molecular complexity index is 552. The van der Waals surface area contributed by atoms with Gasteiger partial charge in [-0.05, 0) is 31.4 Å². The second kappa shape index (κ2) is 5.09. The zero-order valence-electron chi connectivity index (χ0n) is 10.0. The van der Waals surface area contributed by atoms with Crippen LogP contribution < -0.4 is 4.74 Å². The first-order chi connectivity index (χ1) is 8.59. The van der Waals surface area contributed by atoms with Gasteiger partial charge in [0.2, 0.25) is 0 Å². The molecule has 1 aromatic rings. The number of hydrogen-bond acceptors (Lipinski definition) is 2. The van der Waals surface area contributed by atoms with Crippen molar-refractivity contribution < 1.29 is 19.0 Å². The molecule has 0 aliphatic carbocycles. The van der Waals surface area contributed by atoms with E-state index in [4.69, 9.17) is 9.84 Å². The molecule has 18 heavy (non-hydrogen) atoms. The van der Waals surface area contributed by atoms with E-state index in [1.807, 2.05) is 6.92 Å². The first-order valence-corrected chi connectivity index (χ1v) is 5.75. The number of rotatable bonds is 1. The number of ether oxygens (including phenoxy) is 1. The van der Waals surface area contributed by atoms with Crippen molar-refractivity contribution >= 4 is 5.97 Å². The highest BCUT2D eigenvalue weighted by molar-refractivity contribution is 5.70. The quantitative estimate of drug-likeness (QED) is 0.775. The van der Waals surface area contributed by atoms with Gasteiger partial charge in [-0.1, -0.05) is 11.8 Å². The maximum Gasteiger partial charge on any atom is 0.315 e. The van der Waals surface area contributed by atoms with Crippen molar-refractivity contribution in [3.05, 3.63) is 28.6 Å². The molecule has 0 saturated carbocycles. The molecule has 0 amide bonds. The first kappa shape index (κ1) is 12.4. The molecular formula is C14H13FO3. The molecule has 0 unspecified atom stereocenters. The van der Waals surface area contributed by atoms with Crippen molar-refractivity contribution in [3.8, 4) is 17.6 Å². The minimum Gasteiger partial charge on any atom is -0.490 e. The first-order valence-electron chi connectivity index (χ1n) is 5.75. The summed E-state index contributed by atoms with van der Waals surface area (Å²) in [5.74, 6) is 4.14. The monoisotopic (exact) mass is 248 g/mol. The molecule has 0 fully saturated rings. The van der Waals surface area contributed by atoms with Crippen LogP contribution in [0, 0.1) is 24.6 Å². The third kappa shape index (κ3) is 2.45. The van der Waals surface area contributed by atoms with Gasteiger partial charge in [-0.15, -0.1) is 0 Å². The maximum absolute atomic E-state index is 13.8. The van der Waals surface area contributed by atoms with Crippen molar-refractivity contribution in [2.45, 2.75) is 26.2 Å². The van der Waals surface area contributed by atoms with E-state index in [2.05, 4.69) is 11.8 Å². The predicted molar refractivity (Wildman–Crippen MR) is 64.1 cm³/mol. The van der Waals surface area contributed by atoms with Gasteiger partial charge < -0.3 is 9.84 Å². The van der Waals surface area contributed by atoms with Crippen molar-refractivity contribution in [1.82, 2.24) is 0 Å². The summed E-state index contributed by atoms with van der Waals surface area (Å²) in [5.41, 5.74) is 2.27. The lowest BCUT2D eigenvalue weighted by molar-refractivity contribution is -0.135. The van der Waals surface area contributed by atoms with Crippen LogP contribution in [-0.2, 0) is 11.2 Å². The Morgan fingerprint density at radius 2 is 2.39 bits per heavy atom. The number of carboxylic acid groups (broad SMARTS) is 1. The van der Waals surface area contributed by atoms with Gasteiger partial charge in [0.25, 0.3) is 0 Å². The molecule has 4 heteroatoms. The van der Waals surface area contributed by atoms with E-state index in [1.165, 1.54) is 6.07 Å². The highest BCUT2D eigenvalue weighted by Crippen LogP contribution is 2.32. The van der Waals surface area contributed by atoms with Crippen molar-refractivity contribution in [1.29, 1.82) is 0 Å². The Hall–Kier alpha value is -2.02. The Morgan fingerprint density at radius 3 is 3.11 bits per heavy atom. The van der Waals surface area contributed by atoms with Gasteiger partial charge in [0.1, 0.15) is 6.42 Å². The second-order valence-corrected chi connectivity index (χ2v) is 4.16. The predicted octanol–water partition coefficient (Wildman–Crippen LogP) is 2.29. The number of carbonyl (C=O) groups is 1. The van der Waals surface area contributed by atoms with Gasteiger partial charge in [-0.3, -0.25) is 4.79 Å². The normalized spacial score (nSPS) is 13.0. The van der Waals surface area contributed by atoms with E-state index in [0.717, 1.165) is 24.0 Å². The molecule has 1 aliphatic rings. The smallest absolute Gasteiger partial charge is 0.315 e. The second-order valence-electron chi connectivity index (χ2n) is 4.16. The van der Waals surface area contributed by atoms with Gasteiger partial charge in [0.15, 0.2) is 11.6 Å². The van der Waals surface area contributed by atoms with Crippen molar-refractivity contribution in [2.75, 3.05) is 6.61 Å². The zero-order valence-corrected chi connectivity index (χ0v) is 10.0. The minimum atomic E-state index is -0.984. The molecule has 1 N–H and O–H groups in total. The van der Waals surface area contributed by atoms with Crippen molar-refractivity contribution in [2.24, 2.45) is 0 Å². The SMILES string of the molecule is Cc1c(C#CCC(=O)O)cc(F)c2c1CCCO2. The summed E-state index contributed by atoms with van der Waals surface area (Å²) in [6, 6.07) is 1.31. The van der Waals surface area contributed by atoms with Crippen molar-refractivity contribution in [3.63, 3.8) is 0 Å². The summed E-state index contributed by atoms with van der Waals surface area (Å²) < 4.78 is 19.1. The molecular weight excluding hydrogens is 235 g/mol. The molecule has 0 bridgehead atoms. The lowest BCUT2D eigenvalue weighted by atomic mass is 9.96. The molecule has 0 spiro atoms. The average molecular weight is 248 g/mol. The molecule has 1 aromatic carbocycles. The Labute approximate surface area is 105 Å². The standard InChI is InChI=1S/C14H13FO3/c1-9-10(4-2-6-13(16)17)8-12(15)14-11(9)5-3-7-18-14/h8H,3,5-7H2,1H3,(H,16,17). The van der Waals surface area contributed by atoms with Crippen LogP contribution in [-0.4, -0.2) is 17.7 Å². The van der Waals surface area contributed by atoms with E-state index < -0.39 is 11.8 Å². The number of hydrogen-bond donors (Lipinski definition) is 1. The van der Waals surface area contributed by atoms with Gasteiger partial charge in [-0.2, -0.15) is 0 Å². The Balaban J connectivity index is 2.39. The van der Waals surface area contributed by atoms with Crippen LogP contribution in [0.4, 0.5) is 4.39 Å². The molecule has 0 saturated heterocycles. The largest absolute Gasteiger partial charge is 0.490 e. The number of fused-ring (bicyclic) bond motifs is 1. The van der Waals surface area contributed by atoms with Crippen LogP contribution in [0.5, 0.6) is 5.75 Å². The van der Waals surface area contributed by atoms with E-state index in [9.17, 15) is 9.18 Å². The molecule has 1 heterocycles. The van der Waals surface area contributed by atoms with E-state index in [0.29, 0.717) is 17.9 Å². The van der Waals surface area contributed by atoms with Crippen LogP contribution in [0.15, 0.2) is 6.07 Å². The molecule has 2 rings (SSSR count). The number of halogens is 1. The maximum atomic E-state index is 13.8. The summed E-state index contributed by atoms with van der Waals surface area (Å²) >= 11 is 0. The summed E-state index contributed by atoms with van der Waals surface area (Å²) in [6.45, 7) is 2.39. The molecule has 3 nitrogen and oxygen atoms in total. The van der Waals surface area contributed by atoms with Crippen LogP contribution in [0.2, 0.25) is 0 Å². The van der Waals surface area contributed by atoms with Gasteiger partial charge >= 0.3 is 5.97 Å². The van der Waals surface area contributed by atoms with Crippen LogP contribution >= 0.6 is 0 Å². The molecule has 94 valence electrons. The summed E-state index contributed by atoms with van der Waals surface area (Å²) in [7, 11) is 0. The molecule has 1 aliphatic heterocycles. The highest BCUT2D eigenvalue weighted by atomic mass is 19.1. The lowest BCUT2D eigenvalue weighted by Crippen LogP contribution is -2.12. The summed E-state index contributed by atoms with van der Waals surface area (Å²) in [4.78, 5) is 10.4. The van der Waals surface area contributed by atoms with E-state index in [1.54, 1.807) is 0 Å². The Morgan fingerprint density at radius 1 is 1.61 bits per heavy atom. The Kier molecular flexibility index (Phi) is 3.52. The third-order valence-corrected chi connectivity index (χ3v) is 2.90. The molecule has 0 atom stereocenters. The van der Waals surface area contributed by atoms with Gasteiger partial charge in [-0.25, -0.2) is 4.39 Å².